The highest BCUT2D eigenvalue weighted by Crippen LogP contribution is 2.47. The Morgan fingerprint density at radius 1 is 0.531 bits per heavy atom. The zero-order chi connectivity index (χ0) is 48.3. The summed E-state index contributed by atoms with van der Waals surface area (Å²) in [6.07, 6.45) is 22.4. The fraction of sp³-hybridized carbons (Fsp3) is 0.896. The Balaban J connectivity index is 4.03. The summed E-state index contributed by atoms with van der Waals surface area (Å²) in [5, 5.41) is 17.0. The summed E-state index contributed by atoms with van der Waals surface area (Å²) in [4.78, 5) is 60.8. The summed E-state index contributed by atoms with van der Waals surface area (Å²) in [6.45, 7) is 19.1. The first-order chi connectivity index (χ1) is 30.1. The lowest BCUT2D eigenvalue weighted by Gasteiger charge is -2.31. The second-order valence-corrected chi connectivity index (χ2v) is 21.3. The minimum atomic E-state index is -1.04. The topological polar surface area (TPSA) is 214 Å². The monoisotopic (exact) mass is 933 g/mol. The van der Waals surface area contributed by atoms with E-state index in [0.29, 0.717) is 32.2 Å². The van der Waals surface area contributed by atoms with Crippen molar-refractivity contribution in [3.05, 3.63) is 0 Å². The van der Waals surface area contributed by atoms with Crippen LogP contribution in [0.25, 0.3) is 0 Å². The molecule has 6 N–H and O–H groups in total. The minimum absolute atomic E-state index is 0.0274. The van der Waals surface area contributed by atoms with Crippen molar-refractivity contribution in [1.82, 2.24) is 16.0 Å². The molecule has 64 heavy (non-hydrogen) atoms. The maximum atomic E-state index is 12.9. The smallest absolute Gasteiger partial charge is 0.329 e. The molecule has 0 saturated heterocycles. The van der Waals surface area contributed by atoms with E-state index in [1.807, 2.05) is 0 Å². The van der Waals surface area contributed by atoms with Crippen LogP contribution in [-0.4, -0.2) is 109 Å². The minimum Gasteiger partial charge on any atom is -0.480 e. The number of carboxylic acid groups (broad SMARTS) is 1. The number of aliphatic carboxylic acids is 1. The van der Waals surface area contributed by atoms with Crippen molar-refractivity contribution in [1.29, 1.82) is 0 Å². The van der Waals surface area contributed by atoms with Gasteiger partial charge in [-0.25, -0.2) is 4.79 Å². The molecule has 2 atom stereocenters. The molecule has 16 heteroatoms. The van der Waals surface area contributed by atoms with Crippen molar-refractivity contribution in [3.8, 4) is 0 Å². The highest BCUT2D eigenvalue weighted by atomic mass is 31.2. The maximum absolute atomic E-state index is 12.9. The van der Waals surface area contributed by atoms with Crippen molar-refractivity contribution in [2.45, 2.75) is 232 Å². The Hall–Kier alpha value is -2.42. The third-order valence-electron chi connectivity index (χ3n) is 9.69. The van der Waals surface area contributed by atoms with Crippen LogP contribution < -0.4 is 21.7 Å². The summed E-state index contributed by atoms with van der Waals surface area (Å²) in [5.74, 6) is -2.37. The molecule has 0 saturated carbocycles. The largest absolute Gasteiger partial charge is 0.480 e. The fourth-order valence-corrected chi connectivity index (χ4v) is 8.44. The molecule has 2 unspecified atom stereocenters. The third kappa shape index (κ3) is 42.2. The number of carbonyl (C=O) groups is 5. The van der Waals surface area contributed by atoms with Crippen molar-refractivity contribution in [2.75, 3.05) is 45.7 Å². The maximum Gasteiger partial charge on any atom is 0.329 e. The number of ether oxygens (including phenoxy) is 3. The van der Waals surface area contributed by atoms with Crippen LogP contribution in [0.3, 0.4) is 0 Å². The average Bonchev–Trinajstić information content (AvgIpc) is 3.17. The summed E-state index contributed by atoms with van der Waals surface area (Å²) in [5.41, 5.74) is 4.37. The summed E-state index contributed by atoms with van der Waals surface area (Å²) < 4.78 is 28.7. The number of hydrogen-bond acceptors (Lipinski definition) is 11. The van der Waals surface area contributed by atoms with Gasteiger partial charge in [0.15, 0.2) is 8.38 Å². The highest BCUT2D eigenvalue weighted by Gasteiger charge is 2.28. The number of rotatable bonds is 40. The van der Waals surface area contributed by atoms with E-state index < -0.39 is 38.0 Å². The van der Waals surface area contributed by atoms with Gasteiger partial charge in [-0.15, -0.1) is 0 Å². The van der Waals surface area contributed by atoms with Gasteiger partial charge in [-0.1, -0.05) is 89.9 Å². The van der Waals surface area contributed by atoms with Crippen LogP contribution in [0.15, 0.2) is 0 Å². The number of unbranched alkanes of at least 4 members (excludes halogenated alkanes) is 16. The van der Waals surface area contributed by atoms with E-state index in [1.54, 1.807) is 20.8 Å². The van der Waals surface area contributed by atoms with Gasteiger partial charge in [0.25, 0.3) is 0 Å². The summed E-state index contributed by atoms with van der Waals surface area (Å²) in [6, 6.07) is -1.81. The van der Waals surface area contributed by atoms with E-state index in [4.69, 9.17) is 34.1 Å². The zero-order valence-corrected chi connectivity index (χ0v) is 42.6. The molecule has 0 aliphatic carbocycles. The van der Waals surface area contributed by atoms with Gasteiger partial charge in [0.2, 0.25) is 17.7 Å². The van der Waals surface area contributed by atoms with Crippen molar-refractivity contribution < 1.29 is 52.3 Å². The lowest BCUT2D eigenvalue weighted by atomic mass is 10.0. The predicted octanol–water partition coefficient (Wildman–Crippen LogP) is 9.01. The first-order valence-electron chi connectivity index (χ1n) is 24.4. The van der Waals surface area contributed by atoms with E-state index in [2.05, 4.69) is 57.5 Å². The first-order valence-corrected chi connectivity index (χ1v) is 25.8. The lowest BCUT2D eigenvalue weighted by molar-refractivity contribution is -0.159. The summed E-state index contributed by atoms with van der Waals surface area (Å²) in [7, 11) is -0.854. The van der Waals surface area contributed by atoms with E-state index in [1.165, 1.54) is 83.5 Å². The Labute approximate surface area is 389 Å². The van der Waals surface area contributed by atoms with Crippen molar-refractivity contribution in [2.24, 2.45) is 5.73 Å². The molecular formula is C48H93N4O11P. The molecule has 0 heterocycles. The third-order valence-corrected chi connectivity index (χ3v) is 11.9. The molecule has 0 aromatic rings. The van der Waals surface area contributed by atoms with Crippen LogP contribution in [0.2, 0.25) is 0 Å². The van der Waals surface area contributed by atoms with Gasteiger partial charge in [-0.2, -0.15) is 0 Å². The van der Waals surface area contributed by atoms with Gasteiger partial charge in [0, 0.05) is 32.1 Å². The van der Waals surface area contributed by atoms with Crippen molar-refractivity contribution >= 4 is 38.0 Å². The van der Waals surface area contributed by atoms with Gasteiger partial charge in [0.05, 0.1) is 31.0 Å². The van der Waals surface area contributed by atoms with E-state index in [9.17, 15) is 24.0 Å². The molecule has 0 aliphatic rings. The number of esters is 1. The first kappa shape index (κ1) is 61.6. The molecule has 0 fully saturated rings. The zero-order valence-electron chi connectivity index (χ0n) is 41.7. The van der Waals surface area contributed by atoms with E-state index >= 15 is 0 Å². The van der Waals surface area contributed by atoms with Gasteiger partial charge in [-0.05, 0) is 101 Å². The standard InChI is InChI=1S/C48H93N4O11P/c1-46(2,3)61-45(58)40(30-31-41(53)51-33-34-59-35-36-60-38-43(55)50-32-26-25-28-39(49)44(56)57)52-42(54)29-24-22-20-18-16-14-12-10-11-13-15-17-19-21-23-27-37-64(62-47(4,5)6)63-48(7,8)9/h39-40H,10-38,49H2,1-9H3,(H,50,55)(H,51,53)(H,52,54)(H,56,57). The second kappa shape index (κ2) is 36.7. The van der Waals surface area contributed by atoms with E-state index in [-0.39, 0.29) is 74.7 Å². The Morgan fingerprint density at radius 3 is 1.52 bits per heavy atom. The SMILES string of the molecule is CC(C)(C)OC(=O)C(CCC(=O)NCCOCCOCC(=O)NCCCCC(N)C(=O)O)NC(=O)CCCCCCCCCCCCCCCCCCP(OC(C)(C)C)OC(C)(C)C. The van der Waals surface area contributed by atoms with Crippen LogP contribution in [0.4, 0.5) is 0 Å². The van der Waals surface area contributed by atoms with Crippen LogP contribution in [-0.2, 0) is 47.2 Å². The van der Waals surface area contributed by atoms with Gasteiger partial charge >= 0.3 is 11.9 Å². The van der Waals surface area contributed by atoms with Crippen LogP contribution in [0.5, 0.6) is 0 Å². The molecule has 0 aromatic carbocycles. The van der Waals surface area contributed by atoms with Gasteiger partial charge in [-0.3, -0.25) is 19.2 Å². The lowest BCUT2D eigenvalue weighted by Crippen LogP contribution is -2.44. The quantitative estimate of drug-likeness (QED) is 0.0221. The normalized spacial score (nSPS) is 13.1. The Kier molecular flexibility index (Phi) is 35.3. The summed E-state index contributed by atoms with van der Waals surface area (Å²) >= 11 is 0. The molecule has 15 nitrogen and oxygen atoms in total. The molecule has 0 bridgehead atoms. The number of carbonyl (C=O) groups excluding carboxylic acids is 4. The number of carboxylic acids is 1. The van der Waals surface area contributed by atoms with Gasteiger partial charge in [0.1, 0.15) is 24.3 Å². The second-order valence-electron chi connectivity index (χ2n) is 19.9. The molecule has 3 amide bonds. The molecule has 0 aliphatic heterocycles. The molecule has 0 rings (SSSR count). The fourth-order valence-electron chi connectivity index (χ4n) is 6.51. The van der Waals surface area contributed by atoms with Crippen LogP contribution in [0.1, 0.15) is 204 Å². The predicted molar refractivity (Wildman–Crippen MR) is 256 cm³/mol. The highest BCUT2D eigenvalue weighted by molar-refractivity contribution is 7.47. The number of amides is 3. The van der Waals surface area contributed by atoms with E-state index in [0.717, 1.165) is 25.4 Å². The molecule has 0 aromatic heterocycles. The molecule has 0 radical (unpaired) electrons. The number of nitrogens with one attached hydrogen (secondary N) is 3. The molecule has 376 valence electrons. The van der Waals surface area contributed by atoms with Crippen molar-refractivity contribution in [3.63, 3.8) is 0 Å². The van der Waals surface area contributed by atoms with Crippen LogP contribution in [0, 0.1) is 0 Å². The Morgan fingerprint density at radius 2 is 1.02 bits per heavy atom. The van der Waals surface area contributed by atoms with Crippen LogP contribution >= 0.6 is 8.38 Å². The Bertz CT molecular complexity index is 1240. The number of nitrogens with two attached hydrogens (primary N) is 1. The molecule has 0 spiro atoms. The van der Waals surface area contributed by atoms with Gasteiger partial charge < -0.3 is 50.0 Å². The number of hydrogen-bond donors (Lipinski definition) is 5. The average molecular weight is 933 g/mol. The molecular weight excluding hydrogens is 840 g/mol.